The average molecular weight is 291 g/mol. The van der Waals surface area contributed by atoms with E-state index < -0.39 is 0 Å². The molecule has 6 heteroatoms. The predicted octanol–water partition coefficient (Wildman–Crippen LogP) is 1.74. The highest BCUT2D eigenvalue weighted by molar-refractivity contribution is 6.30. The van der Waals surface area contributed by atoms with Gasteiger partial charge in [-0.3, -0.25) is 4.79 Å². The van der Waals surface area contributed by atoms with Crippen molar-refractivity contribution in [2.24, 2.45) is 0 Å². The van der Waals surface area contributed by atoms with Gasteiger partial charge < -0.3 is 9.88 Å². The van der Waals surface area contributed by atoms with Crippen LogP contribution in [0.5, 0.6) is 0 Å². The number of hydrogen-bond donors (Lipinski definition) is 1. The van der Waals surface area contributed by atoms with Crippen LogP contribution < -0.4 is 5.32 Å². The van der Waals surface area contributed by atoms with Gasteiger partial charge in [-0.25, -0.2) is 0 Å². The highest BCUT2D eigenvalue weighted by atomic mass is 35.5. The first kappa shape index (κ1) is 13.1. The number of hydrogen-bond acceptors (Lipinski definition) is 3. The molecule has 0 unspecified atom stereocenters. The van der Waals surface area contributed by atoms with Crippen LogP contribution in [0, 0.1) is 0 Å². The van der Waals surface area contributed by atoms with Crippen molar-refractivity contribution in [2.45, 2.75) is 32.4 Å². The van der Waals surface area contributed by atoms with Crippen LogP contribution in [-0.2, 0) is 30.7 Å². The molecule has 1 aliphatic heterocycles. The summed E-state index contributed by atoms with van der Waals surface area (Å²) >= 11 is 5.81. The molecule has 0 atom stereocenters. The third-order valence-corrected chi connectivity index (χ3v) is 3.66. The minimum absolute atomic E-state index is 0.0253. The molecule has 0 spiro atoms. The topological polar surface area (TPSA) is 59.8 Å². The van der Waals surface area contributed by atoms with E-state index >= 15 is 0 Å². The molecule has 0 bridgehead atoms. The van der Waals surface area contributed by atoms with Gasteiger partial charge in [-0.15, -0.1) is 10.2 Å². The van der Waals surface area contributed by atoms with E-state index in [9.17, 15) is 4.79 Å². The summed E-state index contributed by atoms with van der Waals surface area (Å²) in [5, 5.41) is 11.8. The Morgan fingerprint density at radius 2 is 2.10 bits per heavy atom. The van der Waals surface area contributed by atoms with Crippen LogP contribution in [0.2, 0.25) is 5.02 Å². The van der Waals surface area contributed by atoms with E-state index in [4.69, 9.17) is 11.6 Å². The molecule has 20 heavy (non-hydrogen) atoms. The lowest BCUT2D eigenvalue weighted by atomic mass is 10.1. The molecule has 1 aromatic heterocycles. The van der Waals surface area contributed by atoms with Crippen molar-refractivity contribution < 1.29 is 4.79 Å². The summed E-state index contributed by atoms with van der Waals surface area (Å²) < 4.78 is 2.09. The zero-order valence-corrected chi connectivity index (χ0v) is 11.7. The van der Waals surface area contributed by atoms with E-state index in [2.05, 4.69) is 20.1 Å². The Morgan fingerprint density at radius 3 is 2.90 bits per heavy atom. The molecule has 0 radical (unpaired) electrons. The van der Waals surface area contributed by atoms with E-state index in [0.717, 1.165) is 36.6 Å². The summed E-state index contributed by atoms with van der Waals surface area (Å²) in [6.07, 6.45) is 2.43. The minimum Gasteiger partial charge on any atom is -0.349 e. The van der Waals surface area contributed by atoms with Gasteiger partial charge in [0, 0.05) is 18.0 Å². The van der Waals surface area contributed by atoms with Crippen LogP contribution in [0.1, 0.15) is 23.6 Å². The lowest BCUT2D eigenvalue weighted by Crippen LogP contribution is -2.26. The van der Waals surface area contributed by atoms with Crippen molar-refractivity contribution in [3.8, 4) is 0 Å². The summed E-state index contributed by atoms with van der Waals surface area (Å²) in [7, 11) is 0. The maximum Gasteiger partial charge on any atom is 0.224 e. The van der Waals surface area contributed by atoms with Crippen molar-refractivity contribution >= 4 is 17.5 Å². The average Bonchev–Trinajstić information content (AvgIpc) is 3.02. The normalized spacial score (nSPS) is 13.2. The van der Waals surface area contributed by atoms with Gasteiger partial charge in [-0.1, -0.05) is 23.7 Å². The van der Waals surface area contributed by atoms with Crippen LogP contribution >= 0.6 is 11.6 Å². The molecule has 0 aliphatic carbocycles. The largest absolute Gasteiger partial charge is 0.349 e. The number of benzene rings is 1. The third kappa shape index (κ3) is 2.82. The Kier molecular flexibility index (Phi) is 3.69. The molecule has 1 amide bonds. The Morgan fingerprint density at radius 1 is 1.30 bits per heavy atom. The lowest BCUT2D eigenvalue weighted by Gasteiger charge is -2.06. The number of nitrogens with one attached hydrogen (secondary N) is 1. The molecule has 1 aliphatic rings. The fraction of sp³-hybridized carbons (Fsp3) is 0.357. The molecule has 0 saturated carbocycles. The number of nitrogens with zero attached hydrogens (tertiary/aromatic N) is 3. The number of rotatable bonds is 4. The number of carbonyl (C=O) groups is 1. The minimum atomic E-state index is -0.0253. The molecule has 2 heterocycles. The molecule has 0 saturated heterocycles. The monoisotopic (exact) mass is 290 g/mol. The van der Waals surface area contributed by atoms with Crippen molar-refractivity contribution in [2.75, 3.05) is 0 Å². The van der Waals surface area contributed by atoms with Gasteiger partial charge in [0.25, 0.3) is 0 Å². The Balaban J connectivity index is 1.55. The van der Waals surface area contributed by atoms with Crippen LogP contribution in [0.15, 0.2) is 24.3 Å². The number of aromatic nitrogens is 3. The fourth-order valence-electron chi connectivity index (χ4n) is 2.37. The first-order valence-corrected chi connectivity index (χ1v) is 7.02. The fourth-order valence-corrected chi connectivity index (χ4v) is 2.50. The molecule has 1 aromatic carbocycles. The van der Waals surface area contributed by atoms with Crippen molar-refractivity contribution in [1.29, 1.82) is 0 Å². The lowest BCUT2D eigenvalue weighted by molar-refractivity contribution is -0.120. The second-order valence-corrected chi connectivity index (χ2v) is 5.30. The summed E-state index contributed by atoms with van der Waals surface area (Å²) in [5.41, 5.74) is 0.943. The molecule has 2 aromatic rings. The molecule has 1 N–H and O–H groups in total. The van der Waals surface area contributed by atoms with Gasteiger partial charge in [-0.2, -0.15) is 0 Å². The maximum absolute atomic E-state index is 11.9. The van der Waals surface area contributed by atoms with Gasteiger partial charge in [-0.05, 0) is 24.1 Å². The number of fused-ring (bicyclic) bond motifs is 1. The molecule has 104 valence electrons. The van der Waals surface area contributed by atoms with E-state index in [1.807, 2.05) is 12.1 Å². The van der Waals surface area contributed by atoms with Crippen LogP contribution in [-0.4, -0.2) is 20.7 Å². The maximum atomic E-state index is 11.9. The quantitative estimate of drug-likeness (QED) is 0.933. The van der Waals surface area contributed by atoms with Gasteiger partial charge in [0.1, 0.15) is 5.82 Å². The Bertz CT molecular complexity index is 621. The zero-order chi connectivity index (χ0) is 13.9. The standard InChI is InChI=1S/C14H15ClN4O/c15-11-5-3-10(4-6-11)8-14(20)16-9-13-18-17-12-2-1-7-19(12)13/h3-6H,1-2,7-9H2,(H,16,20). The summed E-state index contributed by atoms with van der Waals surface area (Å²) in [4.78, 5) is 11.9. The third-order valence-electron chi connectivity index (χ3n) is 3.41. The highest BCUT2D eigenvalue weighted by Gasteiger charge is 2.17. The molecular weight excluding hydrogens is 276 g/mol. The van der Waals surface area contributed by atoms with E-state index in [-0.39, 0.29) is 5.91 Å². The second-order valence-electron chi connectivity index (χ2n) is 4.87. The number of carbonyl (C=O) groups excluding carboxylic acids is 1. The summed E-state index contributed by atoms with van der Waals surface area (Å²) in [6, 6.07) is 7.29. The van der Waals surface area contributed by atoms with Gasteiger partial charge in [0.2, 0.25) is 5.91 Å². The van der Waals surface area contributed by atoms with Gasteiger partial charge in [0.05, 0.1) is 13.0 Å². The van der Waals surface area contributed by atoms with Gasteiger partial charge in [0.15, 0.2) is 5.82 Å². The molecule has 5 nitrogen and oxygen atoms in total. The number of halogens is 1. The summed E-state index contributed by atoms with van der Waals surface area (Å²) in [5.74, 6) is 1.83. The van der Waals surface area contributed by atoms with Crippen molar-refractivity contribution in [1.82, 2.24) is 20.1 Å². The van der Waals surface area contributed by atoms with Gasteiger partial charge >= 0.3 is 0 Å². The van der Waals surface area contributed by atoms with Crippen molar-refractivity contribution in [3.05, 3.63) is 46.5 Å². The zero-order valence-electron chi connectivity index (χ0n) is 11.0. The van der Waals surface area contributed by atoms with E-state index in [1.165, 1.54) is 0 Å². The van der Waals surface area contributed by atoms with Crippen LogP contribution in [0.3, 0.4) is 0 Å². The first-order valence-electron chi connectivity index (χ1n) is 6.64. The second kappa shape index (κ2) is 5.63. The number of aryl methyl sites for hydroxylation is 1. The predicted molar refractivity (Wildman–Crippen MR) is 75.3 cm³/mol. The van der Waals surface area contributed by atoms with Crippen LogP contribution in [0.4, 0.5) is 0 Å². The Labute approximate surface area is 122 Å². The SMILES string of the molecule is O=C(Cc1ccc(Cl)cc1)NCc1nnc2n1CCC2. The van der Waals surface area contributed by atoms with E-state index in [1.54, 1.807) is 12.1 Å². The first-order chi connectivity index (χ1) is 9.72. The molecule has 0 fully saturated rings. The molecular formula is C14H15ClN4O. The highest BCUT2D eigenvalue weighted by Crippen LogP contribution is 2.14. The molecule has 3 rings (SSSR count). The van der Waals surface area contributed by atoms with Crippen LogP contribution in [0.25, 0.3) is 0 Å². The smallest absolute Gasteiger partial charge is 0.224 e. The number of amides is 1. The Hall–Kier alpha value is -1.88. The summed E-state index contributed by atoms with van der Waals surface area (Å²) in [6.45, 7) is 1.38. The van der Waals surface area contributed by atoms with Crippen molar-refractivity contribution in [3.63, 3.8) is 0 Å². The van der Waals surface area contributed by atoms with E-state index in [0.29, 0.717) is 18.0 Å².